The van der Waals surface area contributed by atoms with Crippen LogP contribution in [0.3, 0.4) is 0 Å². The highest BCUT2D eigenvalue weighted by atomic mass is 35.5. The zero-order valence-corrected chi connectivity index (χ0v) is 15.5. The molecule has 0 aromatic heterocycles. The van der Waals surface area contributed by atoms with Gasteiger partial charge < -0.3 is 10.4 Å². The minimum atomic E-state index is -0.815. The lowest BCUT2D eigenvalue weighted by atomic mass is 9.85. The number of nitrogens with zero attached hydrogens (tertiary/aromatic N) is 1. The van der Waals surface area contributed by atoms with Crippen molar-refractivity contribution in [2.45, 2.75) is 43.7 Å². The van der Waals surface area contributed by atoms with Crippen LogP contribution in [0.1, 0.15) is 37.0 Å². The number of carboxylic acids is 1. The fraction of sp³-hybridized carbons (Fsp3) is 0.529. The van der Waals surface area contributed by atoms with Gasteiger partial charge in [0.1, 0.15) is 0 Å². The normalized spacial score (nSPS) is 19.8. The molecule has 0 spiro atoms. The maximum Gasteiger partial charge on any atom is 0.317 e. The predicted molar refractivity (Wildman–Crippen MR) is 97.0 cm³/mol. The lowest BCUT2D eigenvalue weighted by Gasteiger charge is -2.42. The zero-order valence-electron chi connectivity index (χ0n) is 13.9. The summed E-state index contributed by atoms with van der Waals surface area (Å²) in [4.78, 5) is 26.3. The highest BCUT2D eigenvalue weighted by molar-refractivity contribution is 7.99. The van der Waals surface area contributed by atoms with E-state index in [2.05, 4.69) is 5.32 Å². The summed E-state index contributed by atoms with van der Waals surface area (Å²) in [6.45, 7) is 4.74. The number of carbonyl (C=O) groups excluding carboxylic acids is 1. The molecule has 1 fully saturated rings. The number of amides is 1. The van der Waals surface area contributed by atoms with Crippen LogP contribution in [0.25, 0.3) is 0 Å². The summed E-state index contributed by atoms with van der Waals surface area (Å²) >= 11 is 7.64. The van der Waals surface area contributed by atoms with Gasteiger partial charge in [-0.3, -0.25) is 14.5 Å². The van der Waals surface area contributed by atoms with Crippen LogP contribution < -0.4 is 5.32 Å². The van der Waals surface area contributed by atoms with Crippen molar-refractivity contribution in [1.29, 1.82) is 0 Å². The number of hydrogen-bond acceptors (Lipinski definition) is 4. The van der Waals surface area contributed by atoms with Crippen molar-refractivity contribution in [3.05, 3.63) is 28.8 Å². The minimum absolute atomic E-state index is 0.0490. The van der Waals surface area contributed by atoms with Gasteiger partial charge in [0, 0.05) is 22.0 Å². The van der Waals surface area contributed by atoms with Crippen molar-refractivity contribution in [2.24, 2.45) is 0 Å². The van der Waals surface area contributed by atoms with Gasteiger partial charge in [-0.2, -0.15) is 0 Å². The van der Waals surface area contributed by atoms with Crippen molar-refractivity contribution in [3.63, 3.8) is 0 Å². The summed E-state index contributed by atoms with van der Waals surface area (Å²) < 4.78 is 0. The number of thioether (sulfide) groups is 1. The number of hydrogen-bond donors (Lipinski definition) is 2. The Kier molecular flexibility index (Phi) is 6.95. The molecule has 1 aliphatic carbocycles. The number of halogens is 1. The van der Waals surface area contributed by atoms with Gasteiger partial charge in [0.2, 0.25) is 0 Å². The van der Waals surface area contributed by atoms with Gasteiger partial charge in [-0.1, -0.05) is 25.4 Å². The molecular formula is C17H23ClN2O3S. The van der Waals surface area contributed by atoms with Crippen LogP contribution in [0.15, 0.2) is 23.1 Å². The third-order valence-electron chi connectivity index (χ3n) is 4.20. The van der Waals surface area contributed by atoms with Crippen molar-refractivity contribution in [1.82, 2.24) is 10.2 Å². The molecular weight excluding hydrogens is 348 g/mol. The molecule has 0 heterocycles. The molecule has 2 N–H and O–H groups in total. The molecule has 0 unspecified atom stereocenters. The summed E-state index contributed by atoms with van der Waals surface area (Å²) in [5.41, 5.74) is 0.607. The van der Waals surface area contributed by atoms with Crippen molar-refractivity contribution in [2.75, 3.05) is 18.8 Å². The second-order valence-corrected chi connectivity index (χ2v) is 7.57. The number of rotatable bonds is 8. The molecule has 2 rings (SSSR count). The summed E-state index contributed by atoms with van der Waals surface area (Å²) in [5.74, 6) is -0.0451. The molecule has 132 valence electrons. The van der Waals surface area contributed by atoms with Crippen molar-refractivity contribution < 1.29 is 14.7 Å². The van der Waals surface area contributed by atoms with Crippen molar-refractivity contribution >= 4 is 35.2 Å². The summed E-state index contributed by atoms with van der Waals surface area (Å²) in [6.07, 6.45) is 1.56. The maximum atomic E-state index is 12.5. The summed E-state index contributed by atoms with van der Waals surface area (Å²) in [6, 6.07) is 5.68. The summed E-state index contributed by atoms with van der Waals surface area (Å²) in [5, 5.41) is 12.5. The fourth-order valence-electron chi connectivity index (χ4n) is 2.90. The van der Waals surface area contributed by atoms with Crippen molar-refractivity contribution in [3.8, 4) is 0 Å². The van der Waals surface area contributed by atoms with E-state index in [9.17, 15) is 9.59 Å². The Hall–Kier alpha value is -1.24. The third-order valence-corrected chi connectivity index (χ3v) is 5.39. The van der Waals surface area contributed by atoms with Gasteiger partial charge in [-0.05, 0) is 43.3 Å². The molecule has 1 aromatic carbocycles. The number of benzene rings is 1. The minimum Gasteiger partial charge on any atom is -0.480 e. The lowest BCUT2D eigenvalue weighted by molar-refractivity contribution is -0.139. The molecule has 5 nitrogen and oxygen atoms in total. The highest BCUT2D eigenvalue weighted by Crippen LogP contribution is 2.28. The largest absolute Gasteiger partial charge is 0.480 e. The van der Waals surface area contributed by atoms with E-state index < -0.39 is 5.97 Å². The average Bonchev–Trinajstić information content (AvgIpc) is 2.50. The van der Waals surface area contributed by atoms with E-state index in [1.54, 1.807) is 23.9 Å². The standard InChI is InChI=1S/C17H23ClN2O3S/c1-3-20(10-16(21)22)13-8-12(9-13)19-17(23)14-7-11(18)5-6-15(14)24-4-2/h5-7,12-13H,3-4,8-10H2,1-2H3,(H,19,23)(H,21,22). The highest BCUT2D eigenvalue weighted by Gasteiger charge is 2.35. The number of likely N-dealkylation sites (N-methyl/N-ethyl adjacent to an activating group) is 1. The molecule has 1 aliphatic rings. The van der Waals surface area contributed by atoms with E-state index in [0.717, 1.165) is 23.5 Å². The smallest absolute Gasteiger partial charge is 0.317 e. The Morgan fingerprint density at radius 3 is 2.67 bits per heavy atom. The molecule has 0 saturated heterocycles. The molecule has 0 radical (unpaired) electrons. The quantitative estimate of drug-likeness (QED) is 0.688. The van der Waals surface area contributed by atoms with Crippen LogP contribution in [0.4, 0.5) is 0 Å². The second-order valence-electron chi connectivity index (χ2n) is 5.83. The van der Waals surface area contributed by atoms with Crippen LogP contribution >= 0.6 is 23.4 Å². The average molecular weight is 371 g/mol. The molecule has 7 heteroatoms. The van der Waals surface area contributed by atoms with E-state index in [-0.39, 0.29) is 24.5 Å². The fourth-order valence-corrected chi connectivity index (χ4v) is 3.86. The Balaban J connectivity index is 1.93. The molecule has 1 saturated carbocycles. The Labute approximate surface area is 151 Å². The van der Waals surface area contributed by atoms with Crippen LogP contribution in [0.5, 0.6) is 0 Å². The Morgan fingerprint density at radius 2 is 2.08 bits per heavy atom. The molecule has 24 heavy (non-hydrogen) atoms. The molecule has 0 bridgehead atoms. The maximum absolute atomic E-state index is 12.5. The Morgan fingerprint density at radius 1 is 1.38 bits per heavy atom. The lowest BCUT2D eigenvalue weighted by Crippen LogP contribution is -2.54. The Bertz CT molecular complexity index is 605. The van der Waals surface area contributed by atoms with Crippen LogP contribution in [-0.4, -0.2) is 52.8 Å². The predicted octanol–water partition coefficient (Wildman–Crippen LogP) is 3.12. The van der Waals surface area contributed by atoms with E-state index in [1.807, 2.05) is 24.8 Å². The van der Waals surface area contributed by atoms with E-state index in [1.165, 1.54) is 0 Å². The molecule has 1 aromatic rings. The van der Waals surface area contributed by atoms with Crippen LogP contribution in [0.2, 0.25) is 5.02 Å². The monoisotopic (exact) mass is 370 g/mol. The summed E-state index contributed by atoms with van der Waals surface area (Å²) in [7, 11) is 0. The SMILES string of the molecule is CCSc1ccc(Cl)cc1C(=O)NC1CC(N(CC)CC(=O)O)C1. The first kappa shape index (κ1) is 19.1. The van der Waals surface area contributed by atoms with Gasteiger partial charge in [0.05, 0.1) is 12.1 Å². The second kappa shape index (κ2) is 8.74. The zero-order chi connectivity index (χ0) is 17.7. The van der Waals surface area contributed by atoms with E-state index in [0.29, 0.717) is 17.1 Å². The van der Waals surface area contributed by atoms with Gasteiger partial charge >= 0.3 is 5.97 Å². The number of carbonyl (C=O) groups is 2. The first-order valence-electron chi connectivity index (χ1n) is 8.13. The first-order chi connectivity index (χ1) is 11.4. The number of aliphatic carboxylic acids is 1. The topological polar surface area (TPSA) is 69.6 Å². The van der Waals surface area contributed by atoms with Gasteiger partial charge in [-0.25, -0.2) is 0 Å². The first-order valence-corrected chi connectivity index (χ1v) is 9.50. The third kappa shape index (κ3) is 4.88. The van der Waals surface area contributed by atoms with E-state index >= 15 is 0 Å². The molecule has 0 aliphatic heterocycles. The van der Waals surface area contributed by atoms with Crippen LogP contribution in [0, 0.1) is 0 Å². The molecule has 0 atom stereocenters. The van der Waals surface area contributed by atoms with Gasteiger partial charge in [-0.15, -0.1) is 11.8 Å². The van der Waals surface area contributed by atoms with Crippen LogP contribution in [-0.2, 0) is 4.79 Å². The molecule has 1 amide bonds. The number of nitrogens with one attached hydrogen (secondary N) is 1. The van der Waals surface area contributed by atoms with Gasteiger partial charge in [0.25, 0.3) is 5.91 Å². The number of carboxylic acid groups (broad SMARTS) is 1. The van der Waals surface area contributed by atoms with Gasteiger partial charge in [0.15, 0.2) is 0 Å². The van der Waals surface area contributed by atoms with E-state index in [4.69, 9.17) is 16.7 Å².